The van der Waals surface area contributed by atoms with E-state index in [1.807, 2.05) is 73.7 Å². The SMILES string of the molecule is Cc1cc(Cl)ccc1NC(=O)c1ccccc1-c1ccccc1. The summed E-state index contributed by atoms with van der Waals surface area (Å²) >= 11 is 5.96. The topological polar surface area (TPSA) is 29.1 Å². The molecule has 3 heteroatoms. The molecule has 1 amide bonds. The van der Waals surface area contributed by atoms with Crippen molar-refractivity contribution < 1.29 is 4.79 Å². The van der Waals surface area contributed by atoms with Crippen LogP contribution in [0.25, 0.3) is 11.1 Å². The summed E-state index contributed by atoms with van der Waals surface area (Å²) in [6.45, 7) is 1.92. The van der Waals surface area contributed by atoms with Crippen molar-refractivity contribution in [2.24, 2.45) is 0 Å². The lowest BCUT2D eigenvalue weighted by molar-refractivity contribution is 0.102. The molecule has 2 nitrogen and oxygen atoms in total. The zero-order valence-electron chi connectivity index (χ0n) is 12.7. The second kappa shape index (κ2) is 6.67. The van der Waals surface area contributed by atoms with E-state index in [-0.39, 0.29) is 5.91 Å². The fourth-order valence-electron chi connectivity index (χ4n) is 2.51. The molecule has 0 atom stereocenters. The maximum atomic E-state index is 12.7. The van der Waals surface area contributed by atoms with Crippen molar-refractivity contribution in [1.82, 2.24) is 0 Å². The molecule has 3 aromatic rings. The number of benzene rings is 3. The summed E-state index contributed by atoms with van der Waals surface area (Å²) in [6.07, 6.45) is 0. The van der Waals surface area contributed by atoms with E-state index in [0.717, 1.165) is 22.4 Å². The number of nitrogens with one attached hydrogen (secondary N) is 1. The van der Waals surface area contributed by atoms with Gasteiger partial charge in [-0.2, -0.15) is 0 Å². The summed E-state index contributed by atoms with van der Waals surface area (Å²) in [4.78, 5) is 12.7. The van der Waals surface area contributed by atoms with E-state index in [4.69, 9.17) is 11.6 Å². The molecular formula is C20H16ClNO. The highest BCUT2D eigenvalue weighted by atomic mass is 35.5. The fourth-order valence-corrected chi connectivity index (χ4v) is 2.73. The third-order valence-corrected chi connectivity index (χ3v) is 3.93. The van der Waals surface area contributed by atoms with Gasteiger partial charge in [0.2, 0.25) is 0 Å². The Labute approximate surface area is 140 Å². The molecule has 0 heterocycles. The molecule has 1 N–H and O–H groups in total. The third kappa shape index (κ3) is 3.43. The lowest BCUT2D eigenvalue weighted by Gasteiger charge is -2.12. The monoisotopic (exact) mass is 321 g/mol. The van der Waals surface area contributed by atoms with Crippen LogP contribution in [0.5, 0.6) is 0 Å². The molecule has 3 rings (SSSR count). The zero-order chi connectivity index (χ0) is 16.2. The Kier molecular flexibility index (Phi) is 4.45. The standard InChI is InChI=1S/C20H16ClNO/c1-14-13-16(21)11-12-19(14)22-20(23)18-10-6-5-9-17(18)15-7-3-2-4-8-15/h2-13H,1H3,(H,22,23). The van der Waals surface area contributed by atoms with Gasteiger partial charge in [-0.05, 0) is 47.9 Å². The Hall–Kier alpha value is -2.58. The van der Waals surface area contributed by atoms with E-state index in [9.17, 15) is 4.79 Å². The van der Waals surface area contributed by atoms with Crippen LogP contribution in [-0.4, -0.2) is 5.91 Å². The van der Waals surface area contributed by atoms with Crippen molar-refractivity contribution in [2.75, 3.05) is 5.32 Å². The van der Waals surface area contributed by atoms with Crippen molar-refractivity contribution >= 4 is 23.2 Å². The lowest BCUT2D eigenvalue weighted by atomic mass is 9.99. The first kappa shape index (κ1) is 15.3. The molecule has 0 aromatic heterocycles. The van der Waals surface area contributed by atoms with Crippen LogP contribution >= 0.6 is 11.6 Å². The maximum Gasteiger partial charge on any atom is 0.256 e. The molecule has 3 aromatic carbocycles. The molecule has 0 saturated carbocycles. The predicted octanol–water partition coefficient (Wildman–Crippen LogP) is 5.57. The number of carbonyl (C=O) groups excluding carboxylic acids is 1. The van der Waals surface area contributed by atoms with Crippen molar-refractivity contribution in [3.05, 3.63) is 88.9 Å². The maximum absolute atomic E-state index is 12.7. The first-order chi connectivity index (χ1) is 11.1. The van der Waals surface area contributed by atoms with Gasteiger partial charge >= 0.3 is 0 Å². The fraction of sp³-hybridized carbons (Fsp3) is 0.0500. The van der Waals surface area contributed by atoms with Gasteiger partial charge in [-0.3, -0.25) is 4.79 Å². The average Bonchev–Trinajstić information content (AvgIpc) is 2.58. The summed E-state index contributed by atoms with van der Waals surface area (Å²) in [5.41, 5.74) is 4.28. The first-order valence-corrected chi connectivity index (χ1v) is 7.75. The van der Waals surface area contributed by atoms with Crippen molar-refractivity contribution in [3.8, 4) is 11.1 Å². The summed E-state index contributed by atoms with van der Waals surface area (Å²) in [7, 11) is 0. The Morgan fingerprint density at radius 1 is 0.913 bits per heavy atom. The lowest BCUT2D eigenvalue weighted by Crippen LogP contribution is -2.13. The minimum absolute atomic E-state index is 0.130. The van der Waals surface area contributed by atoms with Crippen molar-refractivity contribution in [2.45, 2.75) is 6.92 Å². The smallest absolute Gasteiger partial charge is 0.256 e. The zero-order valence-corrected chi connectivity index (χ0v) is 13.5. The van der Waals surface area contributed by atoms with E-state index < -0.39 is 0 Å². The Bertz CT molecular complexity index is 843. The number of aryl methyl sites for hydroxylation is 1. The van der Waals surface area contributed by atoms with Crippen molar-refractivity contribution in [1.29, 1.82) is 0 Å². The number of amides is 1. The van der Waals surface area contributed by atoms with Crippen LogP contribution in [0.2, 0.25) is 5.02 Å². The highest BCUT2D eigenvalue weighted by molar-refractivity contribution is 6.30. The summed E-state index contributed by atoms with van der Waals surface area (Å²) in [5, 5.41) is 3.62. The van der Waals surface area contributed by atoms with E-state index in [2.05, 4.69) is 5.32 Å². The number of hydrogen-bond donors (Lipinski definition) is 1. The minimum Gasteiger partial charge on any atom is -0.322 e. The van der Waals surface area contributed by atoms with Crippen LogP contribution < -0.4 is 5.32 Å². The van der Waals surface area contributed by atoms with Crippen LogP contribution in [0.3, 0.4) is 0 Å². The molecule has 23 heavy (non-hydrogen) atoms. The molecule has 0 aliphatic rings. The van der Waals surface area contributed by atoms with E-state index >= 15 is 0 Å². The number of carbonyl (C=O) groups is 1. The number of rotatable bonds is 3. The average molecular weight is 322 g/mol. The molecule has 0 fully saturated rings. The van der Waals surface area contributed by atoms with Crippen LogP contribution in [0, 0.1) is 6.92 Å². The van der Waals surface area contributed by atoms with Gasteiger partial charge in [0, 0.05) is 16.3 Å². The molecule has 114 valence electrons. The quantitative estimate of drug-likeness (QED) is 0.671. The Morgan fingerprint density at radius 2 is 1.61 bits per heavy atom. The first-order valence-electron chi connectivity index (χ1n) is 7.37. The summed E-state index contributed by atoms with van der Waals surface area (Å²) in [5.74, 6) is -0.130. The Morgan fingerprint density at radius 3 is 2.35 bits per heavy atom. The molecule has 0 unspecified atom stereocenters. The van der Waals surface area contributed by atoms with Crippen molar-refractivity contribution in [3.63, 3.8) is 0 Å². The Balaban J connectivity index is 1.94. The van der Waals surface area contributed by atoms with Crippen LogP contribution in [0.1, 0.15) is 15.9 Å². The number of halogens is 1. The molecule has 0 aliphatic carbocycles. The second-order valence-corrected chi connectivity index (χ2v) is 5.76. The van der Waals surface area contributed by atoms with Crippen LogP contribution in [0.4, 0.5) is 5.69 Å². The van der Waals surface area contributed by atoms with Crippen LogP contribution in [0.15, 0.2) is 72.8 Å². The van der Waals surface area contributed by atoms with E-state index in [1.54, 1.807) is 6.07 Å². The second-order valence-electron chi connectivity index (χ2n) is 5.32. The molecule has 0 aliphatic heterocycles. The molecule has 0 saturated heterocycles. The molecule has 0 radical (unpaired) electrons. The molecular weight excluding hydrogens is 306 g/mol. The highest BCUT2D eigenvalue weighted by Crippen LogP contribution is 2.25. The molecule has 0 spiro atoms. The van der Waals surface area contributed by atoms with Gasteiger partial charge < -0.3 is 5.32 Å². The van der Waals surface area contributed by atoms with Gasteiger partial charge in [-0.25, -0.2) is 0 Å². The van der Waals surface area contributed by atoms with Gasteiger partial charge in [0.15, 0.2) is 0 Å². The van der Waals surface area contributed by atoms with E-state index in [0.29, 0.717) is 10.6 Å². The van der Waals surface area contributed by atoms with Gasteiger partial charge in [-0.1, -0.05) is 60.1 Å². The molecule has 0 bridgehead atoms. The largest absolute Gasteiger partial charge is 0.322 e. The highest BCUT2D eigenvalue weighted by Gasteiger charge is 2.13. The van der Waals surface area contributed by atoms with Gasteiger partial charge in [0.05, 0.1) is 0 Å². The third-order valence-electron chi connectivity index (χ3n) is 3.69. The summed E-state index contributed by atoms with van der Waals surface area (Å²) < 4.78 is 0. The predicted molar refractivity (Wildman–Crippen MR) is 96.0 cm³/mol. The van der Waals surface area contributed by atoms with Gasteiger partial charge in [0.25, 0.3) is 5.91 Å². The van der Waals surface area contributed by atoms with Gasteiger partial charge in [-0.15, -0.1) is 0 Å². The number of hydrogen-bond acceptors (Lipinski definition) is 1. The van der Waals surface area contributed by atoms with E-state index in [1.165, 1.54) is 0 Å². The minimum atomic E-state index is -0.130. The van der Waals surface area contributed by atoms with Crippen LogP contribution in [-0.2, 0) is 0 Å². The normalized spacial score (nSPS) is 10.3. The summed E-state index contributed by atoms with van der Waals surface area (Å²) in [6, 6.07) is 22.9. The van der Waals surface area contributed by atoms with Gasteiger partial charge in [0.1, 0.15) is 0 Å². The number of anilines is 1.